The van der Waals surface area contributed by atoms with Crippen molar-refractivity contribution in [3.8, 4) is 0 Å². The van der Waals surface area contributed by atoms with Gasteiger partial charge in [0.15, 0.2) is 0 Å². The molecule has 6 heteroatoms. The Morgan fingerprint density at radius 2 is 0.451 bits per heavy atom. The highest BCUT2D eigenvalue weighted by Gasteiger charge is 2.06. The number of carbonyl (C=O) groups is 2. The van der Waals surface area contributed by atoms with Crippen LogP contribution in [0.4, 0.5) is 0 Å². The molecule has 0 unspecified atom stereocenters. The van der Waals surface area contributed by atoms with E-state index >= 15 is 0 Å². The van der Waals surface area contributed by atoms with E-state index in [2.05, 4.69) is 51.3 Å². The van der Waals surface area contributed by atoms with Gasteiger partial charge in [0.2, 0.25) is 0 Å². The Kier molecular flexibility index (Phi) is 51.9. The molecule has 0 rings (SSSR count). The van der Waals surface area contributed by atoms with Crippen molar-refractivity contribution in [2.24, 2.45) is 0 Å². The van der Waals surface area contributed by atoms with Gasteiger partial charge in [-0.1, -0.05) is 196 Å². The molecule has 0 aliphatic carbocycles. The summed E-state index contributed by atoms with van der Waals surface area (Å²) in [5.41, 5.74) is 0. The van der Waals surface area contributed by atoms with E-state index in [0.717, 1.165) is 0 Å². The Bertz CT molecular complexity index is 540. The highest BCUT2D eigenvalue weighted by atomic mass is 16.4. The predicted octanol–water partition coefficient (Wildman–Crippen LogP) is 13.9. The Morgan fingerprint density at radius 1 is 0.294 bits per heavy atom. The van der Waals surface area contributed by atoms with Gasteiger partial charge in [0.1, 0.15) is 6.42 Å². The van der Waals surface area contributed by atoms with Crippen molar-refractivity contribution in [1.82, 2.24) is 9.80 Å². The van der Waals surface area contributed by atoms with E-state index in [1.807, 2.05) is 0 Å². The molecule has 0 heterocycles. The van der Waals surface area contributed by atoms with Gasteiger partial charge >= 0.3 is 11.9 Å². The van der Waals surface area contributed by atoms with Crippen molar-refractivity contribution in [1.29, 1.82) is 0 Å². The van der Waals surface area contributed by atoms with E-state index in [4.69, 9.17) is 10.2 Å². The third-order valence-electron chi connectivity index (χ3n) is 9.77. The molecule has 0 aromatic heterocycles. The lowest BCUT2D eigenvalue weighted by molar-refractivity contribution is -0.147. The number of carboxylic acid groups (broad SMARTS) is 2. The number of aliphatic carboxylic acids is 2. The highest BCUT2D eigenvalue weighted by Crippen LogP contribution is 2.11. The summed E-state index contributed by atoms with van der Waals surface area (Å²) in [5.74, 6) is -2.62. The van der Waals surface area contributed by atoms with Crippen LogP contribution in [0.25, 0.3) is 0 Å². The average Bonchev–Trinajstić information content (AvgIpc) is 3.10. The van der Waals surface area contributed by atoms with Crippen molar-refractivity contribution in [2.45, 2.75) is 241 Å². The molecular formula is C45H94N2O4. The monoisotopic (exact) mass is 727 g/mol. The normalized spacial score (nSPS) is 11.0. The van der Waals surface area contributed by atoms with Crippen LogP contribution in [-0.4, -0.2) is 71.2 Å². The number of unbranched alkanes of at least 4 members (excludes halogenated alkanes) is 24. The number of carboxylic acids is 2. The molecule has 0 aromatic carbocycles. The zero-order valence-corrected chi connectivity index (χ0v) is 35.8. The zero-order valence-electron chi connectivity index (χ0n) is 35.8. The Morgan fingerprint density at radius 3 is 0.569 bits per heavy atom. The van der Waals surface area contributed by atoms with Crippen LogP contribution in [0.15, 0.2) is 0 Å². The van der Waals surface area contributed by atoms with Crippen molar-refractivity contribution in [2.75, 3.05) is 39.3 Å². The maximum atomic E-state index is 9.43. The SMILES string of the molecule is CCCCCCCN(CCCCCCC)CCCCCCC.CCCCCCCN(CCCCCCC)CCCCCCC.O=C(O)CC(=O)O. The van der Waals surface area contributed by atoms with Gasteiger partial charge in [-0.2, -0.15) is 0 Å². The first-order valence-corrected chi connectivity index (χ1v) is 22.7. The van der Waals surface area contributed by atoms with Crippen LogP contribution in [0.5, 0.6) is 0 Å². The smallest absolute Gasteiger partial charge is 0.314 e. The maximum absolute atomic E-state index is 9.43. The molecule has 2 N–H and O–H groups in total. The molecule has 6 nitrogen and oxygen atoms in total. The second-order valence-electron chi connectivity index (χ2n) is 15.1. The van der Waals surface area contributed by atoms with Gasteiger partial charge < -0.3 is 20.0 Å². The summed E-state index contributed by atoms with van der Waals surface area (Å²) in [6, 6.07) is 0. The van der Waals surface area contributed by atoms with E-state index in [1.54, 1.807) is 0 Å². The predicted molar refractivity (Wildman–Crippen MR) is 225 cm³/mol. The quantitative estimate of drug-likeness (QED) is 0.0487. The van der Waals surface area contributed by atoms with Crippen LogP contribution in [0, 0.1) is 0 Å². The lowest BCUT2D eigenvalue weighted by atomic mass is 10.1. The third kappa shape index (κ3) is 53.3. The molecule has 0 radical (unpaired) electrons. The number of hydrogen-bond acceptors (Lipinski definition) is 4. The Labute approximate surface area is 320 Å². The number of nitrogens with zero attached hydrogens (tertiary/aromatic N) is 2. The minimum atomic E-state index is -1.31. The first-order chi connectivity index (χ1) is 24.8. The van der Waals surface area contributed by atoms with E-state index in [0.29, 0.717) is 0 Å². The molecule has 51 heavy (non-hydrogen) atoms. The molecule has 0 atom stereocenters. The van der Waals surface area contributed by atoms with Gasteiger partial charge in [-0.3, -0.25) is 9.59 Å². The van der Waals surface area contributed by atoms with E-state index < -0.39 is 18.4 Å². The Hall–Kier alpha value is -1.14. The lowest BCUT2D eigenvalue weighted by Crippen LogP contribution is -2.27. The van der Waals surface area contributed by atoms with Crippen LogP contribution in [0.1, 0.15) is 241 Å². The fraction of sp³-hybridized carbons (Fsp3) is 0.956. The molecule has 0 fully saturated rings. The fourth-order valence-corrected chi connectivity index (χ4v) is 6.43. The van der Waals surface area contributed by atoms with Gasteiger partial charge in [-0.05, 0) is 77.8 Å². The molecule has 0 saturated heterocycles. The maximum Gasteiger partial charge on any atom is 0.314 e. The summed E-state index contributed by atoms with van der Waals surface area (Å²) >= 11 is 0. The molecule has 0 saturated carbocycles. The van der Waals surface area contributed by atoms with Crippen LogP contribution in [0.3, 0.4) is 0 Å². The van der Waals surface area contributed by atoms with Crippen molar-refractivity contribution >= 4 is 11.9 Å². The molecule has 308 valence electrons. The van der Waals surface area contributed by atoms with Crippen LogP contribution in [0.2, 0.25) is 0 Å². The van der Waals surface area contributed by atoms with Crippen LogP contribution >= 0.6 is 0 Å². The zero-order chi connectivity index (χ0) is 38.5. The van der Waals surface area contributed by atoms with Crippen molar-refractivity contribution in [3.05, 3.63) is 0 Å². The second kappa shape index (κ2) is 48.9. The molecule has 0 amide bonds. The topological polar surface area (TPSA) is 81.1 Å². The average molecular weight is 727 g/mol. The van der Waals surface area contributed by atoms with Crippen LogP contribution in [-0.2, 0) is 9.59 Å². The molecular weight excluding hydrogens is 633 g/mol. The summed E-state index contributed by atoms with van der Waals surface area (Å²) in [6.07, 6.45) is 41.7. The van der Waals surface area contributed by atoms with Crippen LogP contribution < -0.4 is 0 Å². The summed E-state index contributed by atoms with van der Waals surface area (Å²) in [6.45, 7) is 21.9. The first-order valence-electron chi connectivity index (χ1n) is 22.7. The summed E-state index contributed by atoms with van der Waals surface area (Å²) in [7, 11) is 0. The van der Waals surface area contributed by atoms with E-state index in [9.17, 15) is 9.59 Å². The van der Waals surface area contributed by atoms with Gasteiger partial charge in [0, 0.05) is 0 Å². The molecule has 0 bridgehead atoms. The minimum absolute atomic E-state index is 0.806. The van der Waals surface area contributed by atoms with E-state index in [1.165, 1.54) is 232 Å². The van der Waals surface area contributed by atoms with Crippen molar-refractivity contribution in [3.63, 3.8) is 0 Å². The van der Waals surface area contributed by atoms with Gasteiger partial charge in [-0.25, -0.2) is 0 Å². The molecule has 0 aliphatic rings. The summed E-state index contributed by atoms with van der Waals surface area (Å²) in [4.78, 5) is 24.4. The van der Waals surface area contributed by atoms with Gasteiger partial charge in [0.05, 0.1) is 0 Å². The second-order valence-corrected chi connectivity index (χ2v) is 15.1. The van der Waals surface area contributed by atoms with Crippen molar-refractivity contribution < 1.29 is 19.8 Å². The van der Waals surface area contributed by atoms with Gasteiger partial charge in [-0.15, -0.1) is 0 Å². The Balaban J connectivity index is -0.000000761. The fourth-order valence-electron chi connectivity index (χ4n) is 6.43. The van der Waals surface area contributed by atoms with E-state index in [-0.39, 0.29) is 0 Å². The molecule has 0 spiro atoms. The molecule has 0 aliphatic heterocycles. The summed E-state index contributed by atoms with van der Waals surface area (Å²) < 4.78 is 0. The molecule has 0 aromatic rings. The van der Waals surface area contributed by atoms with Gasteiger partial charge in [0.25, 0.3) is 0 Å². The highest BCUT2D eigenvalue weighted by molar-refractivity contribution is 5.88. The number of hydrogen-bond donors (Lipinski definition) is 2. The number of rotatable bonds is 38. The largest absolute Gasteiger partial charge is 0.481 e. The third-order valence-corrected chi connectivity index (χ3v) is 9.77. The summed E-state index contributed by atoms with van der Waals surface area (Å²) in [5, 5.41) is 15.4. The minimum Gasteiger partial charge on any atom is -0.481 e. The lowest BCUT2D eigenvalue weighted by Gasteiger charge is -2.22. The standard InChI is InChI=1S/2C21H45N.C3H4O4/c2*1-4-7-10-13-16-19-22(20-17-14-11-8-5-2)21-18-15-12-9-6-3;4-2(5)1-3(6)7/h2*4-21H2,1-3H3;1H2,(H,4,5)(H,6,7). The first kappa shape index (κ1) is 54.2.